The van der Waals surface area contributed by atoms with Crippen LogP contribution in [0.1, 0.15) is 32.1 Å². The molecule has 21 heavy (non-hydrogen) atoms. The van der Waals surface area contributed by atoms with Gasteiger partial charge in [-0.1, -0.05) is 19.1 Å². The topological polar surface area (TPSA) is 60.7 Å². The molecule has 0 fully saturated rings. The van der Waals surface area contributed by atoms with E-state index in [0.717, 1.165) is 24.3 Å². The van der Waals surface area contributed by atoms with Gasteiger partial charge in [0.2, 0.25) is 0 Å². The third kappa shape index (κ3) is 3.31. The summed E-state index contributed by atoms with van der Waals surface area (Å²) in [4.78, 5) is 17.5. The minimum absolute atomic E-state index is 0.0237. The lowest BCUT2D eigenvalue weighted by Crippen LogP contribution is -2.85. The highest BCUT2D eigenvalue weighted by Gasteiger charge is 2.20. The van der Waals surface area contributed by atoms with E-state index in [0.29, 0.717) is 18.5 Å². The molecule has 5 nitrogen and oxygen atoms in total. The number of quaternary nitrogens is 1. The molecule has 2 rings (SSSR count). The maximum Gasteiger partial charge on any atom is 0.261 e. The Balaban J connectivity index is 2.62. The Morgan fingerprint density at radius 1 is 1.33 bits per heavy atom. The number of para-hydroxylation sites is 1. The largest absolute Gasteiger partial charge is 0.383 e. The standard InChI is InChI=1S/C16H23N3O2/c1-4-13(17-5-2)15-18-14-9-7-6-8-12(14)16(20)19(15)10-11-21-3/h6-9,13,17H,4-5,10-11H2,1-3H3/p+1/t13-/m1/s1. The minimum Gasteiger partial charge on any atom is -0.383 e. The van der Waals surface area contributed by atoms with Crippen molar-refractivity contribution in [2.75, 3.05) is 20.3 Å². The van der Waals surface area contributed by atoms with Gasteiger partial charge in [-0.25, -0.2) is 4.98 Å². The van der Waals surface area contributed by atoms with Crippen LogP contribution >= 0.6 is 0 Å². The zero-order chi connectivity index (χ0) is 15.2. The SMILES string of the molecule is CC[NH2+][C@H](CC)c1nc2ccccc2c(=O)n1CCOC. The molecule has 0 bridgehead atoms. The number of nitrogens with zero attached hydrogens (tertiary/aromatic N) is 2. The molecule has 0 saturated heterocycles. The number of methoxy groups -OCH3 is 1. The van der Waals surface area contributed by atoms with Gasteiger partial charge < -0.3 is 10.1 Å². The molecule has 1 heterocycles. The molecular weight excluding hydrogens is 266 g/mol. The lowest BCUT2D eigenvalue weighted by Gasteiger charge is -2.18. The van der Waals surface area contributed by atoms with Crippen LogP contribution in [0.5, 0.6) is 0 Å². The van der Waals surface area contributed by atoms with Crippen molar-refractivity contribution in [2.24, 2.45) is 0 Å². The molecule has 0 saturated carbocycles. The molecule has 1 aromatic heterocycles. The molecule has 114 valence electrons. The van der Waals surface area contributed by atoms with Crippen LogP contribution in [0.3, 0.4) is 0 Å². The molecule has 2 N–H and O–H groups in total. The molecule has 5 heteroatoms. The third-order valence-electron chi connectivity index (χ3n) is 3.70. The van der Waals surface area contributed by atoms with Crippen LogP contribution in [0.25, 0.3) is 10.9 Å². The van der Waals surface area contributed by atoms with Crippen molar-refractivity contribution in [2.45, 2.75) is 32.9 Å². The number of hydrogen-bond donors (Lipinski definition) is 1. The maximum atomic E-state index is 12.7. The summed E-state index contributed by atoms with van der Waals surface area (Å²) < 4.78 is 6.91. The van der Waals surface area contributed by atoms with Crippen LogP contribution in [0.2, 0.25) is 0 Å². The predicted molar refractivity (Wildman–Crippen MR) is 83.4 cm³/mol. The normalized spacial score (nSPS) is 12.7. The molecule has 0 amide bonds. The smallest absolute Gasteiger partial charge is 0.261 e. The highest BCUT2D eigenvalue weighted by molar-refractivity contribution is 5.77. The number of benzene rings is 1. The van der Waals surface area contributed by atoms with Crippen LogP contribution in [0.4, 0.5) is 0 Å². The number of ether oxygens (including phenoxy) is 1. The Morgan fingerprint density at radius 3 is 2.76 bits per heavy atom. The van der Waals surface area contributed by atoms with Gasteiger partial charge in [-0.05, 0) is 19.1 Å². The van der Waals surface area contributed by atoms with Crippen molar-refractivity contribution < 1.29 is 10.1 Å². The summed E-state index contributed by atoms with van der Waals surface area (Å²) in [5.74, 6) is 0.847. The lowest BCUT2D eigenvalue weighted by molar-refractivity contribution is -0.695. The minimum atomic E-state index is 0.0237. The van der Waals surface area contributed by atoms with Crippen molar-refractivity contribution >= 4 is 10.9 Å². The molecule has 0 aliphatic heterocycles. The second-order valence-corrected chi connectivity index (χ2v) is 5.10. The summed E-state index contributed by atoms with van der Waals surface area (Å²) in [5, 5.41) is 2.89. The quantitative estimate of drug-likeness (QED) is 0.830. The molecule has 0 unspecified atom stereocenters. The average molecular weight is 290 g/mol. The lowest BCUT2D eigenvalue weighted by atomic mass is 10.1. The molecule has 1 aromatic carbocycles. The Bertz CT molecular complexity index is 652. The fraction of sp³-hybridized carbons (Fsp3) is 0.500. The van der Waals surface area contributed by atoms with E-state index < -0.39 is 0 Å². The predicted octanol–water partition coefficient (Wildman–Crippen LogP) is 1.08. The molecule has 0 spiro atoms. The van der Waals surface area contributed by atoms with Gasteiger partial charge in [0, 0.05) is 13.5 Å². The van der Waals surface area contributed by atoms with Crippen LogP contribution in [-0.4, -0.2) is 29.8 Å². The molecular formula is C16H24N3O2+. The van der Waals surface area contributed by atoms with Crippen LogP contribution in [0, 0.1) is 0 Å². The van der Waals surface area contributed by atoms with Crippen molar-refractivity contribution in [1.82, 2.24) is 9.55 Å². The van der Waals surface area contributed by atoms with E-state index >= 15 is 0 Å². The monoisotopic (exact) mass is 290 g/mol. The highest BCUT2D eigenvalue weighted by atomic mass is 16.5. The zero-order valence-electron chi connectivity index (χ0n) is 13.0. The Labute approximate surface area is 125 Å². The number of fused-ring (bicyclic) bond motifs is 1. The van der Waals surface area contributed by atoms with E-state index in [1.807, 2.05) is 24.3 Å². The number of hydrogen-bond acceptors (Lipinski definition) is 3. The van der Waals surface area contributed by atoms with E-state index in [4.69, 9.17) is 9.72 Å². The van der Waals surface area contributed by atoms with Gasteiger partial charge in [-0.15, -0.1) is 0 Å². The van der Waals surface area contributed by atoms with Crippen molar-refractivity contribution in [3.63, 3.8) is 0 Å². The van der Waals surface area contributed by atoms with Gasteiger partial charge in [0.1, 0.15) is 6.04 Å². The first-order valence-corrected chi connectivity index (χ1v) is 7.54. The Morgan fingerprint density at radius 2 is 2.10 bits per heavy atom. The third-order valence-corrected chi connectivity index (χ3v) is 3.70. The number of aromatic nitrogens is 2. The Kier molecular flexibility index (Phi) is 5.47. The summed E-state index contributed by atoms with van der Waals surface area (Å²) in [6, 6.07) is 7.73. The highest BCUT2D eigenvalue weighted by Crippen LogP contribution is 2.13. The molecule has 1 atom stereocenters. The van der Waals surface area contributed by atoms with Gasteiger partial charge >= 0.3 is 0 Å². The molecule has 2 aromatic rings. The maximum absolute atomic E-state index is 12.7. The van der Waals surface area contributed by atoms with E-state index in [2.05, 4.69) is 19.2 Å². The van der Waals surface area contributed by atoms with E-state index in [9.17, 15) is 4.79 Å². The second kappa shape index (κ2) is 7.33. The van der Waals surface area contributed by atoms with Crippen LogP contribution < -0.4 is 10.9 Å². The molecule has 0 radical (unpaired) electrons. The molecule has 0 aliphatic carbocycles. The van der Waals surface area contributed by atoms with Crippen molar-refractivity contribution in [3.05, 3.63) is 40.4 Å². The first-order chi connectivity index (χ1) is 10.2. The average Bonchev–Trinajstić information content (AvgIpc) is 2.52. The van der Waals surface area contributed by atoms with E-state index in [1.54, 1.807) is 11.7 Å². The Hall–Kier alpha value is -1.72. The van der Waals surface area contributed by atoms with Gasteiger partial charge in [0.05, 0.1) is 30.6 Å². The summed E-state index contributed by atoms with van der Waals surface area (Å²) in [6.45, 7) is 6.25. The first kappa shape index (κ1) is 15.7. The van der Waals surface area contributed by atoms with Crippen molar-refractivity contribution in [3.8, 4) is 0 Å². The number of nitrogens with two attached hydrogens (primary N) is 1. The van der Waals surface area contributed by atoms with Gasteiger partial charge in [0.15, 0.2) is 5.82 Å². The molecule has 0 aliphatic rings. The van der Waals surface area contributed by atoms with Gasteiger partial charge in [-0.3, -0.25) is 9.36 Å². The summed E-state index contributed by atoms with van der Waals surface area (Å²) in [5.41, 5.74) is 0.796. The second-order valence-electron chi connectivity index (χ2n) is 5.10. The van der Waals surface area contributed by atoms with Crippen molar-refractivity contribution in [1.29, 1.82) is 0 Å². The zero-order valence-corrected chi connectivity index (χ0v) is 13.0. The van der Waals surface area contributed by atoms with Crippen LogP contribution in [0.15, 0.2) is 29.1 Å². The van der Waals surface area contributed by atoms with E-state index in [-0.39, 0.29) is 11.6 Å². The van der Waals surface area contributed by atoms with E-state index in [1.165, 1.54) is 0 Å². The van der Waals surface area contributed by atoms with Crippen LogP contribution in [-0.2, 0) is 11.3 Å². The number of rotatable bonds is 7. The summed E-state index contributed by atoms with van der Waals surface area (Å²) >= 11 is 0. The van der Waals surface area contributed by atoms with Gasteiger partial charge in [-0.2, -0.15) is 0 Å². The fourth-order valence-electron chi connectivity index (χ4n) is 2.61. The summed E-state index contributed by atoms with van der Waals surface area (Å²) in [6.07, 6.45) is 0.936. The first-order valence-electron chi connectivity index (χ1n) is 7.54. The van der Waals surface area contributed by atoms with Gasteiger partial charge in [0.25, 0.3) is 5.56 Å². The fourth-order valence-corrected chi connectivity index (χ4v) is 2.61. The summed E-state index contributed by atoms with van der Waals surface area (Å²) in [7, 11) is 1.65.